The average molecular weight is 322 g/mol. The van der Waals surface area contributed by atoms with Crippen molar-refractivity contribution in [3.8, 4) is 0 Å². The number of carbonyl (C=O) groups excluding carboxylic acids is 1. The van der Waals surface area contributed by atoms with E-state index in [0.717, 1.165) is 12.3 Å². The Balaban J connectivity index is 2.09. The van der Waals surface area contributed by atoms with Crippen LogP contribution in [0.3, 0.4) is 0 Å². The van der Waals surface area contributed by atoms with Gasteiger partial charge in [0.1, 0.15) is 17.3 Å². The molecule has 0 saturated heterocycles. The number of amides is 2. The number of nitrogens with two attached hydrogens (primary N) is 1. The number of pyridine rings is 1. The normalized spacial score (nSPS) is 14.3. The van der Waals surface area contributed by atoms with Crippen LogP contribution >= 0.6 is 0 Å². The number of hydrogen-bond donors (Lipinski definition) is 6. The Bertz CT molecular complexity index is 773. The van der Waals surface area contributed by atoms with Gasteiger partial charge in [-0.15, -0.1) is 0 Å². The minimum absolute atomic E-state index is 0.0222. The van der Waals surface area contributed by atoms with E-state index in [9.17, 15) is 19.1 Å². The van der Waals surface area contributed by atoms with Crippen LogP contribution in [-0.2, 0) is 0 Å². The SMILES string of the molecule is N=C1N=C(N)CC(O)=C1NC(=O)Nc1cnc(C(=O)O)c(F)c1. The predicted octanol–water partition coefficient (Wildman–Crippen LogP) is 0.548. The smallest absolute Gasteiger partial charge is 0.357 e. The number of hydrogen-bond acceptors (Lipinski definition) is 6. The van der Waals surface area contributed by atoms with Crippen molar-refractivity contribution in [1.29, 1.82) is 5.41 Å². The molecule has 0 fully saturated rings. The summed E-state index contributed by atoms with van der Waals surface area (Å²) >= 11 is 0. The molecular formula is C12H11FN6O4. The van der Waals surface area contributed by atoms with Crippen LogP contribution in [0.25, 0.3) is 0 Å². The molecule has 2 heterocycles. The van der Waals surface area contributed by atoms with Gasteiger partial charge in [-0.3, -0.25) is 5.41 Å². The number of carbonyl (C=O) groups is 2. The molecule has 1 aromatic heterocycles. The molecule has 0 radical (unpaired) electrons. The fourth-order valence-electron chi connectivity index (χ4n) is 1.71. The van der Waals surface area contributed by atoms with E-state index >= 15 is 0 Å². The molecule has 1 aromatic rings. The van der Waals surface area contributed by atoms with Gasteiger partial charge in [-0.05, 0) is 0 Å². The van der Waals surface area contributed by atoms with Crippen molar-refractivity contribution >= 4 is 29.4 Å². The number of rotatable bonds is 3. The second kappa shape index (κ2) is 6.09. The summed E-state index contributed by atoms with van der Waals surface area (Å²) in [6, 6.07) is -0.136. The summed E-state index contributed by atoms with van der Waals surface area (Å²) in [5.41, 5.74) is 4.24. The highest BCUT2D eigenvalue weighted by atomic mass is 19.1. The zero-order valence-electron chi connectivity index (χ0n) is 11.4. The minimum atomic E-state index is -1.54. The Morgan fingerprint density at radius 2 is 2.09 bits per heavy atom. The van der Waals surface area contributed by atoms with Crippen LogP contribution in [0.4, 0.5) is 14.9 Å². The van der Waals surface area contributed by atoms with Gasteiger partial charge in [0.05, 0.1) is 18.3 Å². The fourth-order valence-corrected chi connectivity index (χ4v) is 1.71. The van der Waals surface area contributed by atoms with E-state index in [2.05, 4.69) is 20.6 Å². The molecule has 10 nitrogen and oxygen atoms in total. The minimum Gasteiger partial charge on any atom is -0.510 e. The Hall–Kier alpha value is -3.50. The molecule has 0 atom stereocenters. The van der Waals surface area contributed by atoms with E-state index < -0.39 is 29.3 Å². The summed E-state index contributed by atoms with van der Waals surface area (Å²) in [4.78, 5) is 29.4. The molecule has 7 N–H and O–H groups in total. The van der Waals surface area contributed by atoms with Gasteiger partial charge in [-0.1, -0.05) is 0 Å². The number of nitrogens with one attached hydrogen (secondary N) is 3. The highest BCUT2D eigenvalue weighted by Crippen LogP contribution is 2.14. The van der Waals surface area contributed by atoms with Gasteiger partial charge in [0.15, 0.2) is 17.3 Å². The van der Waals surface area contributed by atoms with Gasteiger partial charge in [-0.2, -0.15) is 0 Å². The number of aliphatic hydroxyl groups excluding tert-OH is 1. The van der Waals surface area contributed by atoms with E-state index in [4.69, 9.17) is 16.2 Å². The number of halogens is 1. The highest BCUT2D eigenvalue weighted by molar-refractivity contribution is 6.10. The number of aromatic nitrogens is 1. The Labute approximate surface area is 128 Å². The first kappa shape index (κ1) is 15.9. The van der Waals surface area contributed by atoms with Crippen LogP contribution in [-0.4, -0.2) is 38.9 Å². The molecular weight excluding hydrogens is 311 g/mol. The van der Waals surface area contributed by atoms with Crippen LogP contribution in [0.5, 0.6) is 0 Å². The lowest BCUT2D eigenvalue weighted by molar-refractivity contribution is 0.0685. The summed E-state index contributed by atoms with van der Waals surface area (Å²) < 4.78 is 13.4. The van der Waals surface area contributed by atoms with Gasteiger partial charge < -0.3 is 26.6 Å². The van der Waals surface area contributed by atoms with Crippen molar-refractivity contribution < 1.29 is 24.2 Å². The van der Waals surface area contributed by atoms with Crippen molar-refractivity contribution in [1.82, 2.24) is 10.3 Å². The van der Waals surface area contributed by atoms with E-state index in [-0.39, 0.29) is 29.4 Å². The molecule has 0 saturated carbocycles. The standard InChI is InChI=1S/C12H11FN6O4/c13-5-1-4(3-16-8(5)11(21)22)17-12(23)19-9-6(20)2-7(14)18-10(9)15/h1,3,20H,2H2,(H,21,22)(H3,14,15,18)(H2,17,19,23). The van der Waals surface area contributed by atoms with Gasteiger partial charge >= 0.3 is 12.0 Å². The van der Waals surface area contributed by atoms with E-state index in [0.29, 0.717) is 0 Å². The van der Waals surface area contributed by atoms with E-state index in [1.807, 2.05) is 0 Å². The highest BCUT2D eigenvalue weighted by Gasteiger charge is 2.21. The molecule has 0 bridgehead atoms. The van der Waals surface area contributed by atoms with Crippen LogP contribution in [0.2, 0.25) is 0 Å². The number of dihydropyridines is 1. The largest absolute Gasteiger partial charge is 0.510 e. The first-order valence-electron chi connectivity index (χ1n) is 6.09. The fraction of sp³-hybridized carbons (Fsp3) is 0.0833. The van der Waals surface area contributed by atoms with Gasteiger partial charge in [-0.25, -0.2) is 24.0 Å². The number of nitrogens with zero attached hydrogens (tertiary/aromatic N) is 2. The molecule has 2 amide bonds. The zero-order chi connectivity index (χ0) is 17.1. The lowest BCUT2D eigenvalue weighted by Crippen LogP contribution is -2.35. The van der Waals surface area contributed by atoms with Crippen LogP contribution in [0, 0.1) is 11.2 Å². The molecule has 0 spiro atoms. The first-order chi connectivity index (χ1) is 10.8. The van der Waals surface area contributed by atoms with E-state index in [1.54, 1.807) is 0 Å². The lowest BCUT2D eigenvalue weighted by Gasteiger charge is -2.16. The second-order valence-electron chi connectivity index (χ2n) is 4.39. The quantitative estimate of drug-likeness (QED) is 0.473. The van der Waals surface area contributed by atoms with Crippen molar-refractivity contribution in [2.24, 2.45) is 10.7 Å². The average Bonchev–Trinajstić information content (AvgIpc) is 2.42. The Kier molecular flexibility index (Phi) is 4.21. The van der Waals surface area contributed by atoms with Crippen LogP contribution in [0.15, 0.2) is 28.7 Å². The number of aliphatic imine (C=N–C) groups is 1. The molecule has 1 aliphatic rings. The number of aromatic carboxylic acids is 1. The number of carboxylic acids is 1. The topological polar surface area (TPSA) is 174 Å². The van der Waals surface area contributed by atoms with Crippen molar-refractivity contribution in [3.63, 3.8) is 0 Å². The Morgan fingerprint density at radius 3 is 2.65 bits per heavy atom. The molecule has 120 valence electrons. The molecule has 11 heteroatoms. The van der Waals surface area contributed by atoms with Gasteiger partial charge in [0.2, 0.25) is 0 Å². The number of anilines is 1. The number of amidine groups is 2. The number of urea groups is 1. The summed E-state index contributed by atoms with van der Waals surface area (Å²) in [6.07, 6.45) is 0.824. The summed E-state index contributed by atoms with van der Waals surface area (Å²) in [6.45, 7) is 0. The maximum absolute atomic E-state index is 13.4. The third-order valence-electron chi connectivity index (χ3n) is 2.67. The van der Waals surface area contributed by atoms with Crippen molar-refractivity contribution in [3.05, 3.63) is 35.2 Å². The summed E-state index contributed by atoms with van der Waals surface area (Å²) in [5.74, 6) is -3.43. The molecule has 2 rings (SSSR count). The molecule has 0 unspecified atom stereocenters. The summed E-state index contributed by atoms with van der Waals surface area (Å²) in [5, 5.41) is 30.2. The Morgan fingerprint density at radius 1 is 1.39 bits per heavy atom. The molecule has 23 heavy (non-hydrogen) atoms. The van der Waals surface area contributed by atoms with Crippen LogP contribution in [0.1, 0.15) is 16.9 Å². The number of carboxylic acid groups (broad SMARTS) is 1. The predicted molar refractivity (Wildman–Crippen MR) is 76.9 cm³/mol. The van der Waals surface area contributed by atoms with E-state index in [1.165, 1.54) is 0 Å². The third-order valence-corrected chi connectivity index (χ3v) is 2.67. The van der Waals surface area contributed by atoms with Gasteiger partial charge in [0, 0.05) is 6.07 Å². The maximum atomic E-state index is 13.4. The maximum Gasteiger partial charge on any atom is 0.357 e. The van der Waals surface area contributed by atoms with Crippen molar-refractivity contribution in [2.45, 2.75) is 6.42 Å². The molecule has 1 aliphatic heterocycles. The zero-order valence-corrected chi connectivity index (χ0v) is 11.4. The summed E-state index contributed by atoms with van der Waals surface area (Å²) in [7, 11) is 0. The van der Waals surface area contributed by atoms with Crippen molar-refractivity contribution in [2.75, 3.05) is 5.32 Å². The van der Waals surface area contributed by atoms with Crippen LogP contribution < -0.4 is 16.4 Å². The molecule has 0 aromatic carbocycles. The second-order valence-corrected chi connectivity index (χ2v) is 4.39. The first-order valence-corrected chi connectivity index (χ1v) is 6.09. The lowest BCUT2D eigenvalue weighted by atomic mass is 10.2. The van der Waals surface area contributed by atoms with Gasteiger partial charge in [0.25, 0.3) is 0 Å². The monoisotopic (exact) mass is 322 g/mol. The third kappa shape index (κ3) is 3.58. The number of aliphatic hydroxyl groups is 1. The molecule has 0 aliphatic carbocycles.